The summed E-state index contributed by atoms with van der Waals surface area (Å²) in [6, 6.07) is 21.3. The molecule has 0 bridgehead atoms. The normalized spacial score (nSPS) is 19.1. The van der Waals surface area contributed by atoms with Crippen LogP contribution in [0.2, 0.25) is 0 Å². The number of carbonyl (C=O) groups is 2. The molecule has 5 rings (SSSR count). The van der Waals surface area contributed by atoms with E-state index in [2.05, 4.69) is 5.32 Å². The first-order valence-corrected chi connectivity index (χ1v) is 13.1. The molecule has 0 saturated heterocycles. The van der Waals surface area contributed by atoms with E-state index in [1.165, 1.54) is 6.07 Å². The van der Waals surface area contributed by atoms with Crippen LogP contribution in [0.4, 0.5) is 24.5 Å². The Morgan fingerprint density at radius 3 is 2.33 bits per heavy atom. The van der Waals surface area contributed by atoms with Crippen LogP contribution in [0.5, 0.6) is 5.75 Å². The van der Waals surface area contributed by atoms with Gasteiger partial charge in [-0.05, 0) is 54.2 Å². The second kappa shape index (κ2) is 11.0. The molecule has 0 saturated carbocycles. The maximum atomic E-state index is 14.1. The van der Waals surface area contributed by atoms with Crippen molar-refractivity contribution in [1.29, 1.82) is 0 Å². The molecule has 2 unspecified atom stereocenters. The van der Waals surface area contributed by atoms with Gasteiger partial charge < -0.3 is 10.1 Å². The van der Waals surface area contributed by atoms with Crippen molar-refractivity contribution < 1.29 is 27.5 Å². The van der Waals surface area contributed by atoms with E-state index in [4.69, 9.17) is 4.74 Å². The van der Waals surface area contributed by atoms with Gasteiger partial charge in [-0.2, -0.15) is 13.2 Å². The first kappa shape index (κ1) is 26.5. The highest BCUT2D eigenvalue weighted by Gasteiger charge is 2.49. The Hall–Kier alpha value is -4.07. The highest BCUT2D eigenvalue weighted by atomic mass is 19.4. The number of benzene rings is 3. The van der Waals surface area contributed by atoms with E-state index in [1.54, 1.807) is 42.5 Å². The number of hydrogen-bond donors (Lipinski definition) is 1. The van der Waals surface area contributed by atoms with Gasteiger partial charge in [-0.15, -0.1) is 0 Å². The Kier molecular flexibility index (Phi) is 7.46. The molecule has 2 atom stereocenters. The number of rotatable bonds is 6. The Balaban J connectivity index is 1.66. The van der Waals surface area contributed by atoms with Crippen LogP contribution in [0.15, 0.2) is 90.1 Å². The quantitative estimate of drug-likeness (QED) is 0.337. The lowest BCUT2D eigenvalue weighted by Crippen LogP contribution is -2.45. The summed E-state index contributed by atoms with van der Waals surface area (Å²) < 4.78 is 47.9. The van der Waals surface area contributed by atoms with E-state index in [0.717, 1.165) is 23.3 Å². The fourth-order valence-electron chi connectivity index (χ4n) is 5.31. The molecule has 0 fully saturated rings. The van der Waals surface area contributed by atoms with Crippen LogP contribution in [0.3, 0.4) is 0 Å². The summed E-state index contributed by atoms with van der Waals surface area (Å²) in [5, 5.41) is 3.25. The lowest BCUT2D eigenvalue weighted by molar-refractivity contribution is -0.170. The third-order valence-corrected chi connectivity index (χ3v) is 7.18. The van der Waals surface area contributed by atoms with Crippen LogP contribution < -0.4 is 15.0 Å². The first-order valence-electron chi connectivity index (χ1n) is 13.1. The molecule has 1 heterocycles. The van der Waals surface area contributed by atoms with E-state index in [-0.39, 0.29) is 29.4 Å². The number of para-hydroxylation sites is 2. The third kappa shape index (κ3) is 5.41. The maximum absolute atomic E-state index is 14.1. The molecule has 3 aromatic carbocycles. The summed E-state index contributed by atoms with van der Waals surface area (Å²) >= 11 is 0. The van der Waals surface area contributed by atoms with Crippen molar-refractivity contribution in [1.82, 2.24) is 0 Å². The van der Waals surface area contributed by atoms with Crippen LogP contribution in [0.1, 0.15) is 55.7 Å². The molecule has 39 heavy (non-hydrogen) atoms. The van der Waals surface area contributed by atoms with Crippen molar-refractivity contribution in [3.63, 3.8) is 0 Å². The predicted octanol–water partition coefficient (Wildman–Crippen LogP) is 7.33. The van der Waals surface area contributed by atoms with Crippen molar-refractivity contribution in [3.05, 3.63) is 101 Å². The average molecular weight is 535 g/mol. The molecule has 0 aromatic heterocycles. The number of Topliss-reactive ketones (excluding diaryl/α,β-unsaturated/α-hetero) is 1. The lowest BCUT2D eigenvalue weighted by Gasteiger charge is -2.35. The van der Waals surface area contributed by atoms with Crippen molar-refractivity contribution in [2.45, 2.75) is 50.7 Å². The predicted molar refractivity (Wildman–Crippen MR) is 144 cm³/mol. The molecule has 5 nitrogen and oxygen atoms in total. The number of ether oxygens (including phenoxy) is 1. The molecule has 1 amide bonds. The molecular formula is C31H29F3N2O3. The first-order chi connectivity index (χ1) is 18.8. The highest BCUT2D eigenvalue weighted by Crippen LogP contribution is 2.48. The van der Waals surface area contributed by atoms with Crippen molar-refractivity contribution in [2.24, 2.45) is 0 Å². The molecule has 0 radical (unpaired) electrons. The molecule has 1 aliphatic heterocycles. The lowest BCUT2D eigenvalue weighted by atomic mass is 9.78. The number of fused-ring (bicyclic) bond motifs is 1. The van der Waals surface area contributed by atoms with Crippen LogP contribution in [0.25, 0.3) is 0 Å². The minimum atomic E-state index is -5.15. The van der Waals surface area contributed by atoms with Gasteiger partial charge in [0.2, 0.25) is 0 Å². The minimum absolute atomic E-state index is 0.0616. The zero-order chi connectivity index (χ0) is 27.6. The minimum Gasteiger partial charge on any atom is -0.494 e. The van der Waals surface area contributed by atoms with E-state index in [9.17, 15) is 22.8 Å². The zero-order valence-corrected chi connectivity index (χ0v) is 21.5. The van der Waals surface area contributed by atoms with E-state index in [0.29, 0.717) is 35.7 Å². The summed E-state index contributed by atoms with van der Waals surface area (Å²) in [7, 11) is 0. The van der Waals surface area contributed by atoms with Gasteiger partial charge in [-0.3, -0.25) is 14.5 Å². The SMILES string of the molecule is CCCCOc1ccc(C2C3=C(CC(c4ccccc4)CC3=O)Nc3ccccc3N2C(=O)C(F)(F)F)cc1. The summed E-state index contributed by atoms with van der Waals surface area (Å²) in [6.07, 6.45) is -2.77. The van der Waals surface area contributed by atoms with E-state index >= 15 is 0 Å². The number of ketones is 1. The molecule has 0 spiro atoms. The van der Waals surface area contributed by atoms with Gasteiger partial charge in [0, 0.05) is 17.7 Å². The number of halogens is 3. The summed E-state index contributed by atoms with van der Waals surface area (Å²) in [4.78, 5) is 27.6. The Bertz CT molecular complexity index is 1380. The monoisotopic (exact) mass is 534 g/mol. The van der Waals surface area contributed by atoms with Gasteiger partial charge in [0.05, 0.1) is 24.0 Å². The van der Waals surface area contributed by atoms with Gasteiger partial charge in [-0.1, -0.05) is 67.9 Å². The largest absolute Gasteiger partial charge is 0.494 e. The number of hydrogen-bond acceptors (Lipinski definition) is 4. The van der Waals surface area contributed by atoms with Gasteiger partial charge in [0.1, 0.15) is 5.75 Å². The molecule has 202 valence electrons. The zero-order valence-electron chi connectivity index (χ0n) is 21.5. The van der Waals surface area contributed by atoms with Crippen LogP contribution in [-0.2, 0) is 9.59 Å². The van der Waals surface area contributed by atoms with Crippen molar-refractivity contribution in [3.8, 4) is 5.75 Å². The topological polar surface area (TPSA) is 58.6 Å². The van der Waals surface area contributed by atoms with Crippen LogP contribution in [0, 0.1) is 0 Å². The Morgan fingerprint density at radius 1 is 0.949 bits per heavy atom. The number of nitrogens with one attached hydrogen (secondary N) is 1. The number of allylic oxidation sites excluding steroid dienone is 1. The fraction of sp³-hybridized carbons (Fsp3) is 0.290. The second-order valence-electron chi connectivity index (χ2n) is 9.82. The Labute approximate surface area is 225 Å². The molecule has 3 aromatic rings. The smallest absolute Gasteiger partial charge is 0.471 e. The summed E-state index contributed by atoms with van der Waals surface area (Å²) in [5.41, 5.74) is 2.48. The molecule has 2 aliphatic rings. The molecule has 8 heteroatoms. The van der Waals surface area contributed by atoms with Crippen LogP contribution >= 0.6 is 0 Å². The molecular weight excluding hydrogens is 505 g/mol. The van der Waals surface area contributed by atoms with Crippen molar-refractivity contribution >= 4 is 23.1 Å². The number of alkyl halides is 3. The second-order valence-corrected chi connectivity index (χ2v) is 9.82. The molecule has 1 aliphatic carbocycles. The highest BCUT2D eigenvalue weighted by molar-refractivity contribution is 6.07. The standard InChI is InChI=1S/C31H29F3N2O3/c1-2-3-17-39-23-15-13-21(14-16-23)29-28-25(18-22(19-27(28)37)20-9-5-4-6-10-20)35-24-11-7-8-12-26(24)36(29)30(38)31(32,33)34/h4-16,22,29,35H,2-3,17-19H2,1H3. The number of unbranched alkanes of at least 4 members (excludes halogenated alkanes) is 1. The number of carbonyl (C=O) groups excluding carboxylic acids is 2. The summed E-state index contributed by atoms with van der Waals surface area (Å²) in [5.74, 6) is -1.89. The number of nitrogens with zero attached hydrogens (tertiary/aromatic N) is 1. The van der Waals surface area contributed by atoms with Crippen LogP contribution in [-0.4, -0.2) is 24.5 Å². The van der Waals surface area contributed by atoms with E-state index < -0.39 is 18.1 Å². The third-order valence-electron chi connectivity index (χ3n) is 7.18. The number of amides is 1. The van der Waals surface area contributed by atoms with Crippen molar-refractivity contribution in [2.75, 3.05) is 16.8 Å². The average Bonchev–Trinajstić information content (AvgIpc) is 3.08. The number of anilines is 2. The maximum Gasteiger partial charge on any atom is 0.471 e. The summed E-state index contributed by atoms with van der Waals surface area (Å²) in [6.45, 7) is 2.56. The van der Waals surface area contributed by atoms with Gasteiger partial charge >= 0.3 is 12.1 Å². The van der Waals surface area contributed by atoms with Gasteiger partial charge in [0.15, 0.2) is 5.78 Å². The Morgan fingerprint density at radius 2 is 1.64 bits per heavy atom. The van der Waals surface area contributed by atoms with E-state index in [1.807, 2.05) is 37.3 Å². The van der Waals surface area contributed by atoms with Gasteiger partial charge in [-0.25, -0.2) is 0 Å². The van der Waals surface area contributed by atoms with Gasteiger partial charge in [0.25, 0.3) is 0 Å². The molecule has 1 N–H and O–H groups in total. The fourth-order valence-corrected chi connectivity index (χ4v) is 5.31.